The first-order valence-corrected chi connectivity index (χ1v) is 11.4. The molecule has 0 atom stereocenters. The molecule has 4 rings (SSSR count). The second-order valence-corrected chi connectivity index (χ2v) is 9.26. The van der Waals surface area contributed by atoms with E-state index in [1.165, 1.54) is 11.1 Å². The zero-order valence-corrected chi connectivity index (χ0v) is 18.6. The van der Waals surface area contributed by atoms with Gasteiger partial charge in [-0.15, -0.1) is 11.3 Å². The molecule has 0 unspecified atom stereocenters. The van der Waals surface area contributed by atoms with Gasteiger partial charge in [0.1, 0.15) is 11.6 Å². The van der Waals surface area contributed by atoms with Gasteiger partial charge >= 0.3 is 0 Å². The zero-order chi connectivity index (χ0) is 21.6. The summed E-state index contributed by atoms with van der Waals surface area (Å²) in [5, 5.41) is 16.1. The Bertz CT molecular complexity index is 1150. The van der Waals surface area contributed by atoms with Crippen LogP contribution in [0.1, 0.15) is 10.6 Å². The standard InChI is InChI=1S/C23H21N5OS2/c1-28-12-11-19-21(15-28)31-23(27-19)25-14-16(13-24)22(29)26-18-9-5-6-10-20(18)30-17-7-3-2-4-8-17/h2-10,14H,11-12,15H2,1H3,(H,25,27)(H,26,29)/b16-14-. The van der Waals surface area contributed by atoms with Gasteiger partial charge in [0.2, 0.25) is 0 Å². The zero-order valence-electron chi connectivity index (χ0n) is 17.0. The Kier molecular flexibility index (Phi) is 6.67. The normalized spacial score (nSPS) is 13.9. The van der Waals surface area contributed by atoms with Crippen LogP contribution >= 0.6 is 23.1 Å². The van der Waals surface area contributed by atoms with Crippen LogP contribution < -0.4 is 10.6 Å². The minimum absolute atomic E-state index is 0.00944. The molecule has 2 aromatic carbocycles. The smallest absolute Gasteiger partial charge is 0.267 e. The molecule has 156 valence electrons. The van der Waals surface area contributed by atoms with E-state index in [4.69, 9.17) is 0 Å². The van der Waals surface area contributed by atoms with E-state index >= 15 is 0 Å². The van der Waals surface area contributed by atoms with Crippen LogP contribution in [0.5, 0.6) is 0 Å². The minimum Gasteiger partial charge on any atom is -0.337 e. The molecule has 0 saturated carbocycles. The van der Waals surface area contributed by atoms with Crippen LogP contribution in [0.15, 0.2) is 76.2 Å². The molecule has 0 spiro atoms. The van der Waals surface area contributed by atoms with Crippen molar-refractivity contribution in [1.29, 1.82) is 5.26 Å². The van der Waals surface area contributed by atoms with Crippen LogP contribution in [0.3, 0.4) is 0 Å². The van der Waals surface area contributed by atoms with Gasteiger partial charge in [0.25, 0.3) is 5.91 Å². The van der Waals surface area contributed by atoms with Crippen molar-refractivity contribution < 1.29 is 4.79 Å². The van der Waals surface area contributed by atoms with Gasteiger partial charge in [-0.25, -0.2) is 4.98 Å². The summed E-state index contributed by atoms with van der Waals surface area (Å²) in [7, 11) is 2.09. The van der Waals surface area contributed by atoms with Crippen molar-refractivity contribution in [2.24, 2.45) is 0 Å². The number of nitriles is 1. The highest BCUT2D eigenvalue weighted by Crippen LogP contribution is 2.33. The number of hydrogen-bond donors (Lipinski definition) is 2. The molecule has 2 heterocycles. The van der Waals surface area contributed by atoms with Crippen LogP contribution in [-0.4, -0.2) is 29.4 Å². The number of anilines is 2. The average Bonchev–Trinajstić information content (AvgIpc) is 3.18. The number of likely N-dealkylation sites (N-methyl/N-ethyl adjacent to an activating group) is 1. The summed E-state index contributed by atoms with van der Waals surface area (Å²) in [6.45, 7) is 1.86. The molecule has 3 aromatic rings. The molecule has 1 aromatic heterocycles. The quantitative estimate of drug-likeness (QED) is 0.420. The van der Waals surface area contributed by atoms with E-state index < -0.39 is 5.91 Å². The number of hydrogen-bond acceptors (Lipinski definition) is 7. The van der Waals surface area contributed by atoms with Crippen molar-refractivity contribution in [3.63, 3.8) is 0 Å². The number of carbonyl (C=O) groups is 1. The molecule has 8 heteroatoms. The number of nitrogens with zero attached hydrogens (tertiary/aromatic N) is 3. The van der Waals surface area contributed by atoms with Crippen molar-refractivity contribution in [2.45, 2.75) is 22.8 Å². The summed E-state index contributed by atoms with van der Waals surface area (Å²) in [4.78, 5) is 22.8. The van der Waals surface area contributed by atoms with Gasteiger partial charge in [0.05, 0.1) is 11.4 Å². The van der Waals surface area contributed by atoms with Crippen LogP contribution in [-0.2, 0) is 17.8 Å². The number of aromatic nitrogens is 1. The summed E-state index contributed by atoms with van der Waals surface area (Å²) < 4.78 is 0. The first-order chi connectivity index (χ1) is 15.1. The molecular weight excluding hydrogens is 426 g/mol. The molecule has 0 saturated heterocycles. The Morgan fingerprint density at radius 2 is 2.00 bits per heavy atom. The van der Waals surface area contributed by atoms with Gasteiger partial charge in [-0.1, -0.05) is 42.1 Å². The van der Waals surface area contributed by atoms with E-state index in [0.29, 0.717) is 10.8 Å². The Balaban J connectivity index is 1.46. The molecule has 0 aliphatic carbocycles. The molecule has 0 bridgehead atoms. The summed E-state index contributed by atoms with van der Waals surface area (Å²) in [6.07, 6.45) is 2.34. The first-order valence-electron chi connectivity index (χ1n) is 9.79. The lowest BCUT2D eigenvalue weighted by Gasteiger charge is -2.20. The maximum Gasteiger partial charge on any atom is 0.267 e. The monoisotopic (exact) mass is 447 g/mol. The minimum atomic E-state index is -0.461. The van der Waals surface area contributed by atoms with Gasteiger partial charge in [-0.3, -0.25) is 4.79 Å². The highest BCUT2D eigenvalue weighted by atomic mass is 32.2. The average molecular weight is 448 g/mol. The topological polar surface area (TPSA) is 81.1 Å². The fourth-order valence-corrected chi connectivity index (χ4v) is 5.11. The van der Waals surface area contributed by atoms with Crippen molar-refractivity contribution in [3.05, 3.63) is 76.9 Å². The maximum atomic E-state index is 12.7. The van der Waals surface area contributed by atoms with E-state index in [-0.39, 0.29) is 5.57 Å². The SMILES string of the molecule is CN1CCc2nc(N/C=C(/C#N)C(=O)Nc3ccccc3Sc3ccccc3)sc2C1. The lowest BCUT2D eigenvalue weighted by molar-refractivity contribution is -0.112. The van der Waals surface area contributed by atoms with E-state index in [2.05, 4.69) is 27.6 Å². The Morgan fingerprint density at radius 1 is 1.23 bits per heavy atom. The highest BCUT2D eigenvalue weighted by Gasteiger charge is 2.18. The largest absolute Gasteiger partial charge is 0.337 e. The molecule has 1 aliphatic rings. The summed E-state index contributed by atoms with van der Waals surface area (Å²) >= 11 is 3.11. The molecule has 0 radical (unpaired) electrons. The van der Waals surface area contributed by atoms with Crippen molar-refractivity contribution in [3.8, 4) is 6.07 Å². The third-order valence-corrected chi connectivity index (χ3v) is 6.83. The van der Waals surface area contributed by atoms with Crippen LogP contribution in [0.4, 0.5) is 10.8 Å². The number of para-hydroxylation sites is 1. The van der Waals surface area contributed by atoms with E-state index in [9.17, 15) is 10.1 Å². The lowest BCUT2D eigenvalue weighted by atomic mass is 10.2. The second-order valence-electron chi connectivity index (χ2n) is 7.06. The number of benzene rings is 2. The number of fused-ring (bicyclic) bond motifs is 1. The van der Waals surface area contributed by atoms with Gasteiger partial charge in [-0.2, -0.15) is 5.26 Å². The predicted molar refractivity (Wildman–Crippen MR) is 125 cm³/mol. The van der Waals surface area contributed by atoms with E-state index in [1.54, 1.807) is 23.1 Å². The fourth-order valence-electron chi connectivity index (χ4n) is 3.13. The van der Waals surface area contributed by atoms with Crippen molar-refractivity contribution >= 4 is 39.8 Å². The second kappa shape index (κ2) is 9.79. The number of carbonyl (C=O) groups excluding carboxylic acids is 1. The summed E-state index contributed by atoms with van der Waals surface area (Å²) in [5.74, 6) is -0.461. The first kappa shape index (κ1) is 21.1. The van der Waals surface area contributed by atoms with Crippen molar-refractivity contribution in [1.82, 2.24) is 9.88 Å². The Labute approximate surface area is 189 Å². The molecular formula is C23H21N5OS2. The number of nitrogens with one attached hydrogen (secondary N) is 2. The Hall–Kier alpha value is -3.12. The number of rotatable bonds is 6. The van der Waals surface area contributed by atoms with Gasteiger partial charge in [-0.05, 0) is 31.3 Å². The molecule has 1 amide bonds. The van der Waals surface area contributed by atoms with Crippen LogP contribution in [0, 0.1) is 11.3 Å². The predicted octanol–water partition coefficient (Wildman–Crippen LogP) is 4.74. The molecule has 31 heavy (non-hydrogen) atoms. The molecule has 0 fully saturated rings. The van der Waals surface area contributed by atoms with Crippen LogP contribution in [0.2, 0.25) is 0 Å². The summed E-state index contributed by atoms with van der Waals surface area (Å²) in [5.41, 5.74) is 1.74. The number of amides is 1. The third kappa shape index (κ3) is 5.33. The van der Waals surface area contributed by atoms with Crippen LogP contribution in [0.25, 0.3) is 0 Å². The van der Waals surface area contributed by atoms with E-state index in [0.717, 1.165) is 35.0 Å². The molecule has 1 aliphatic heterocycles. The molecule has 2 N–H and O–H groups in total. The molecule has 6 nitrogen and oxygen atoms in total. The fraction of sp³-hybridized carbons (Fsp3) is 0.174. The summed E-state index contributed by atoms with van der Waals surface area (Å²) in [6, 6.07) is 19.5. The number of thiazole rings is 1. The third-order valence-electron chi connectivity index (χ3n) is 4.73. The van der Waals surface area contributed by atoms with Gasteiger partial charge in [0.15, 0.2) is 5.13 Å². The maximum absolute atomic E-state index is 12.7. The lowest BCUT2D eigenvalue weighted by Crippen LogP contribution is -2.25. The van der Waals surface area contributed by atoms with Gasteiger partial charge < -0.3 is 15.5 Å². The van der Waals surface area contributed by atoms with Crippen molar-refractivity contribution in [2.75, 3.05) is 24.2 Å². The van der Waals surface area contributed by atoms with Gasteiger partial charge in [0, 0.05) is 40.4 Å². The Morgan fingerprint density at radius 3 is 2.81 bits per heavy atom. The van der Waals surface area contributed by atoms with E-state index in [1.807, 2.05) is 60.7 Å². The highest BCUT2D eigenvalue weighted by molar-refractivity contribution is 7.99.